The van der Waals surface area contributed by atoms with E-state index < -0.39 is 0 Å². The van der Waals surface area contributed by atoms with Gasteiger partial charge in [-0.3, -0.25) is 0 Å². The second kappa shape index (κ2) is 5.00. The quantitative estimate of drug-likeness (QED) is 0.848. The maximum absolute atomic E-state index is 4.45. The van der Waals surface area contributed by atoms with E-state index in [-0.39, 0.29) is 0 Å². The Morgan fingerprint density at radius 1 is 1.35 bits per heavy atom. The molecule has 0 spiro atoms. The fourth-order valence-electron chi connectivity index (χ4n) is 2.55. The first-order valence-electron chi connectivity index (χ1n) is 6.32. The van der Waals surface area contributed by atoms with Crippen LogP contribution in [0.2, 0.25) is 0 Å². The smallest absolute Gasteiger partial charge is 0.130 e. The Morgan fingerprint density at radius 3 is 2.76 bits per heavy atom. The zero-order chi connectivity index (χ0) is 12.4. The molecular weight excluding hydrogens is 212 g/mol. The largest absolute Gasteiger partial charge is 0.367 e. The molecule has 1 fully saturated rings. The molecule has 1 aliphatic rings. The average Bonchev–Trinajstić information content (AvgIpc) is 2.21. The number of aryl methyl sites for hydroxylation is 2. The first-order chi connectivity index (χ1) is 8.04. The Kier molecular flexibility index (Phi) is 3.62. The Morgan fingerprint density at radius 2 is 2.12 bits per heavy atom. The van der Waals surface area contributed by atoms with Gasteiger partial charge in [0.05, 0.1) is 0 Å². The van der Waals surface area contributed by atoms with Crippen LogP contribution in [-0.2, 0) is 0 Å². The zero-order valence-electron chi connectivity index (χ0n) is 11.2. The Balaban J connectivity index is 2.05. The summed E-state index contributed by atoms with van der Waals surface area (Å²) in [4.78, 5) is 11.1. The molecule has 4 heteroatoms. The lowest BCUT2D eigenvalue weighted by Gasteiger charge is -2.35. The first-order valence-corrected chi connectivity index (χ1v) is 6.32. The second-order valence-corrected chi connectivity index (χ2v) is 5.22. The maximum Gasteiger partial charge on any atom is 0.130 e. The summed E-state index contributed by atoms with van der Waals surface area (Å²) in [6.45, 7) is 8.56. The van der Waals surface area contributed by atoms with E-state index in [1.54, 1.807) is 0 Å². The van der Waals surface area contributed by atoms with Gasteiger partial charge in [-0.15, -0.1) is 0 Å². The molecule has 0 aliphatic carbocycles. The van der Waals surface area contributed by atoms with Gasteiger partial charge in [0.1, 0.15) is 11.6 Å². The minimum atomic E-state index is 0.528. The summed E-state index contributed by atoms with van der Waals surface area (Å²) in [6, 6.07) is 2.55. The molecule has 1 aromatic heterocycles. The van der Waals surface area contributed by atoms with Gasteiger partial charge in [-0.2, -0.15) is 0 Å². The van der Waals surface area contributed by atoms with Gasteiger partial charge in [0.15, 0.2) is 0 Å². The van der Waals surface area contributed by atoms with Crippen molar-refractivity contribution in [2.24, 2.45) is 5.92 Å². The number of aromatic nitrogens is 2. The summed E-state index contributed by atoms with van der Waals surface area (Å²) in [5.74, 6) is 2.47. The van der Waals surface area contributed by atoms with Crippen LogP contribution < -0.4 is 5.32 Å². The highest BCUT2D eigenvalue weighted by Crippen LogP contribution is 2.19. The molecule has 2 unspecified atom stereocenters. The summed E-state index contributed by atoms with van der Waals surface area (Å²) < 4.78 is 0. The van der Waals surface area contributed by atoms with Crippen LogP contribution in [0.1, 0.15) is 24.9 Å². The molecule has 4 nitrogen and oxygen atoms in total. The predicted octanol–water partition coefficient (Wildman–Crippen LogP) is 1.85. The molecule has 1 saturated heterocycles. The van der Waals surface area contributed by atoms with Gasteiger partial charge in [0.2, 0.25) is 0 Å². The third-order valence-corrected chi connectivity index (χ3v) is 3.41. The van der Waals surface area contributed by atoms with Crippen LogP contribution in [-0.4, -0.2) is 41.0 Å². The van der Waals surface area contributed by atoms with Gasteiger partial charge in [0.25, 0.3) is 0 Å². The van der Waals surface area contributed by atoms with Crippen molar-refractivity contribution >= 4 is 5.82 Å². The fraction of sp³-hybridized carbons (Fsp3) is 0.692. The topological polar surface area (TPSA) is 41.0 Å². The first kappa shape index (κ1) is 12.3. The standard InChI is InChI=1S/C13H22N4/c1-9-8-17(4)6-5-12(9)16-13-7-10(2)14-11(3)15-13/h7,9,12H,5-6,8H2,1-4H3,(H,14,15,16). The lowest BCUT2D eigenvalue weighted by molar-refractivity contribution is 0.206. The molecule has 0 saturated carbocycles. The van der Waals surface area contributed by atoms with Crippen molar-refractivity contribution in [3.63, 3.8) is 0 Å². The Labute approximate surface area is 103 Å². The minimum Gasteiger partial charge on any atom is -0.367 e. The fourth-order valence-corrected chi connectivity index (χ4v) is 2.55. The number of rotatable bonds is 2. The van der Waals surface area contributed by atoms with Gasteiger partial charge in [-0.1, -0.05) is 6.92 Å². The Bertz CT molecular complexity index is 371. The lowest BCUT2D eigenvalue weighted by atomic mass is 9.94. The van der Waals surface area contributed by atoms with Crippen molar-refractivity contribution in [2.45, 2.75) is 33.2 Å². The Hall–Kier alpha value is -1.16. The summed E-state index contributed by atoms with van der Waals surface area (Å²) in [7, 11) is 2.19. The van der Waals surface area contributed by atoms with E-state index in [0.29, 0.717) is 12.0 Å². The van der Waals surface area contributed by atoms with Crippen LogP contribution in [0.5, 0.6) is 0 Å². The predicted molar refractivity (Wildman–Crippen MR) is 70.2 cm³/mol. The molecule has 1 N–H and O–H groups in total. The van der Waals surface area contributed by atoms with Crippen LogP contribution in [0.4, 0.5) is 5.82 Å². The zero-order valence-corrected chi connectivity index (χ0v) is 11.2. The highest BCUT2D eigenvalue weighted by atomic mass is 15.1. The van der Waals surface area contributed by atoms with Crippen molar-refractivity contribution in [3.05, 3.63) is 17.6 Å². The summed E-state index contributed by atoms with van der Waals surface area (Å²) >= 11 is 0. The second-order valence-electron chi connectivity index (χ2n) is 5.22. The van der Waals surface area contributed by atoms with E-state index in [1.165, 1.54) is 6.42 Å². The van der Waals surface area contributed by atoms with Crippen molar-refractivity contribution < 1.29 is 0 Å². The SMILES string of the molecule is Cc1cc(NC2CCN(C)CC2C)nc(C)n1. The van der Waals surface area contributed by atoms with Gasteiger partial charge < -0.3 is 10.2 Å². The minimum absolute atomic E-state index is 0.528. The number of hydrogen-bond donors (Lipinski definition) is 1. The van der Waals surface area contributed by atoms with E-state index in [9.17, 15) is 0 Å². The normalized spacial score (nSPS) is 25.9. The number of nitrogens with zero attached hydrogens (tertiary/aromatic N) is 3. The summed E-state index contributed by atoms with van der Waals surface area (Å²) in [6.07, 6.45) is 1.18. The molecule has 2 rings (SSSR count). The van der Waals surface area contributed by atoms with Crippen LogP contribution in [0.15, 0.2) is 6.07 Å². The van der Waals surface area contributed by atoms with E-state index in [4.69, 9.17) is 0 Å². The number of anilines is 1. The van der Waals surface area contributed by atoms with Gasteiger partial charge in [-0.05, 0) is 39.8 Å². The molecule has 17 heavy (non-hydrogen) atoms. The van der Waals surface area contributed by atoms with Crippen molar-refractivity contribution in [3.8, 4) is 0 Å². The lowest BCUT2D eigenvalue weighted by Crippen LogP contribution is -2.43. The molecule has 0 aromatic carbocycles. The number of nitrogens with one attached hydrogen (secondary N) is 1. The molecule has 2 atom stereocenters. The number of hydrogen-bond acceptors (Lipinski definition) is 4. The molecule has 94 valence electrons. The third kappa shape index (κ3) is 3.16. The molecule has 1 aromatic rings. The van der Waals surface area contributed by atoms with Crippen molar-refractivity contribution in [1.82, 2.24) is 14.9 Å². The summed E-state index contributed by atoms with van der Waals surface area (Å²) in [5.41, 5.74) is 1.03. The molecule has 0 bridgehead atoms. The van der Waals surface area contributed by atoms with E-state index in [2.05, 4.69) is 34.2 Å². The number of piperidine rings is 1. The van der Waals surface area contributed by atoms with E-state index in [0.717, 1.165) is 30.4 Å². The van der Waals surface area contributed by atoms with Crippen LogP contribution in [0.3, 0.4) is 0 Å². The van der Waals surface area contributed by atoms with Crippen molar-refractivity contribution in [1.29, 1.82) is 0 Å². The third-order valence-electron chi connectivity index (χ3n) is 3.41. The molecule has 0 amide bonds. The molecule has 2 heterocycles. The summed E-state index contributed by atoms with van der Waals surface area (Å²) in [5, 5.41) is 3.56. The van der Waals surface area contributed by atoms with Gasteiger partial charge in [-0.25, -0.2) is 9.97 Å². The van der Waals surface area contributed by atoms with Crippen molar-refractivity contribution in [2.75, 3.05) is 25.5 Å². The highest BCUT2D eigenvalue weighted by Gasteiger charge is 2.24. The van der Waals surface area contributed by atoms with Gasteiger partial charge in [0, 0.05) is 24.3 Å². The molecule has 1 aliphatic heterocycles. The monoisotopic (exact) mass is 234 g/mol. The van der Waals surface area contributed by atoms with Gasteiger partial charge >= 0.3 is 0 Å². The van der Waals surface area contributed by atoms with Crippen LogP contribution in [0, 0.1) is 19.8 Å². The average molecular weight is 234 g/mol. The van der Waals surface area contributed by atoms with E-state index >= 15 is 0 Å². The number of likely N-dealkylation sites (tertiary alicyclic amines) is 1. The molecule has 0 radical (unpaired) electrons. The van der Waals surface area contributed by atoms with Crippen LogP contribution in [0.25, 0.3) is 0 Å². The molecular formula is C13H22N4. The van der Waals surface area contributed by atoms with Crippen LogP contribution >= 0.6 is 0 Å². The maximum atomic E-state index is 4.45. The highest BCUT2D eigenvalue weighted by molar-refractivity contribution is 5.37. The van der Waals surface area contributed by atoms with E-state index in [1.807, 2.05) is 19.9 Å².